The second-order valence-corrected chi connectivity index (χ2v) is 6.04. The van der Waals surface area contributed by atoms with Gasteiger partial charge in [-0.2, -0.15) is 0 Å². The minimum atomic E-state index is -0.384. The highest BCUT2D eigenvalue weighted by Crippen LogP contribution is 2.29. The van der Waals surface area contributed by atoms with E-state index in [1.54, 1.807) is 0 Å². The van der Waals surface area contributed by atoms with Gasteiger partial charge in [0.1, 0.15) is 0 Å². The summed E-state index contributed by atoms with van der Waals surface area (Å²) in [4.78, 5) is 0. The van der Waals surface area contributed by atoms with Crippen molar-refractivity contribution in [3.8, 4) is 0 Å². The third kappa shape index (κ3) is 4.16. The Balaban J connectivity index is 2.23. The van der Waals surface area contributed by atoms with E-state index in [4.69, 9.17) is 0 Å². The minimum absolute atomic E-state index is 0.0992. The molecule has 2 nitrogen and oxygen atoms in total. The fraction of sp³-hybridized carbons (Fsp3) is 0.368. The Morgan fingerprint density at radius 1 is 0.952 bits per heavy atom. The molecule has 2 N–H and O–H groups in total. The van der Waals surface area contributed by atoms with Crippen molar-refractivity contribution in [3.05, 3.63) is 71.8 Å². The fourth-order valence-corrected chi connectivity index (χ4v) is 2.83. The van der Waals surface area contributed by atoms with Gasteiger partial charge in [0, 0.05) is 6.54 Å². The molecule has 0 saturated carbocycles. The van der Waals surface area contributed by atoms with E-state index in [1.807, 2.05) is 36.4 Å². The van der Waals surface area contributed by atoms with Crippen LogP contribution in [0.15, 0.2) is 60.7 Å². The number of aliphatic hydroxyl groups excluding tert-OH is 1. The van der Waals surface area contributed by atoms with Crippen molar-refractivity contribution in [3.63, 3.8) is 0 Å². The average Bonchev–Trinajstić information content (AvgIpc) is 2.53. The maximum Gasteiger partial charge on any atom is 0.0674 e. The maximum absolute atomic E-state index is 10.1. The van der Waals surface area contributed by atoms with E-state index in [0.29, 0.717) is 5.92 Å². The Bertz CT molecular complexity index is 524. The van der Waals surface area contributed by atoms with Gasteiger partial charge in [0.25, 0.3) is 0 Å². The first-order valence-electron chi connectivity index (χ1n) is 7.61. The van der Waals surface area contributed by atoms with Crippen molar-refractivity contribution < 1.29 is 5.11 Å². The highest BCUT2D eigenvalue weighted by molar-refractivity contribution is 5.25. The summed E-state index contributed by atoms with van der Waals surface area (Å²) in [5, 5.41) is 13.7. The van der Waals surface area contributed by atoms with Crippen molar-refractivity contribution in [1.82, 2.24) is 5.32 Å². The molecule has 21 heavy (non-hydrogen) atoms. The summed E-state index contributed by atoms with van der Waals surface area (Å²) < 4.78 is 0. The van der Waals surface area contributed by atoms with Gasteiger partial charge >= 0.3 is 0 Å². The quantitative estimate of drug-likeness (QED) is 0.812. The number of benzene rings is 2. The number of hydrogen-bond acceptors (Lipinski definition) is 2. The largest absolute Gasteiger partial charge is 0.394 e. The summed E-state index contributed by atoms with van der Waals surface area (Å²) in [6.07, 6.45) is 0.903. The molecule has 1 atom stereocenters. The fourth-order valence-electron chi connectivity index (χ4n) is 2.83. The van der Waals surface area contributed by atoms with Gasteiger partial charge in [-0.05, 0) is 23.5 Å². The van der Waals surface area contributed by atoms with Gasteiger partial charge < -0.3 is 10.4 Å². The third-order valence-corrected chi connectivity index (χ3v) is 3.83. The van der Waals surface area contributed by atoms with E-state index >= 15 is 0 Å². The monoisotopic (exact) mass is 283 g/mol. The van der Waals surface area contributed by atoms with E-state index in [0.717, 1.165) is 18.5 Å². The molecule has 0 aliphatic carbocycles. The number of nitrogens with one attached hydrogen (secondary N) is 1. The molecule has 2 heteroatoms. The number of aliphatic hydroxyl groups is 1. The number of hydrogen-bond donors (Lipinski definition) is 2. The lowest BCUT2D eigenvalue weighted by Gasteiger charge is -2.35. The third-order valence-electron chi connectivity index (χ3n) is 3.83. The molecule has 0 fully saturated rings. The smallest absolute Gasteiger partial charge is 0.0674 e. The molecule has 0 bridgehead atoms. The molecule has 1 unspecified atom stereocenters. The van der Waals surface area contributed by atoms with E-state index in [2.05, 4.69) is 43.4 Å². The van der Waals surface area contributed by atoms with Crippen LogP contribution in [0.2, 0.25) is 0 Å². The second kappa shape index (κ2) is 7.39. The molecule has 2 aromatic carbocycles. The first-order chi connectivity index (χ1) is 10.2. The second-order valence-electron chi connectivity index (χ2n) is 6.04. The zero-order valence-corrected chi connectivity index (χ0v) is 12.9. The summed E-state index contributed by atoms with van der Waals surface area (Å²) >= 11 is 0. The van der Waals surface area contributed by atoms with Crippen LogP contribution in [-0.4, -0.2) is 11.7 Å². The normalized spacial score (nSPS) is 14.1. The van der Waals surface area contributed by atoms with Crippen LogP contribution >= 0.6 is 0 Å². The predicted octanol–water partition coefficient (Wildman–Crippen LogP) is 3.71. The van der Waals surface area contributed by atoms with Gasteiger partial charge in [-0.15, -0.1) is 0 Å². The van der Waals surface area contributed by atoms with Crippen molar-refractivity contribution >= 4 is 0 Å². The van der Waals surface area contributed by atoms with E-state index in [-0.39, 0.29) is 12.1 Å². The Hall–Kier alpha value is -1.64. The van der Waals surface area contributed by atoms with Crippen molar-refractivity contribution in [2.24, 2.45) is 5.92 Å². The van der Waals surface area contributed by atoms with Crippen molar-refractivity contribution in [2.75, 3.05) is 6.61 Å². The predicted molar refractivity (Wildman–Crippen MR) is 87.9 cm³/mol. The SMILES string of the molecule is CC(C)CC(CO)(NCc1ccccc1)c1ccccc1. The van der Waals surface area contributed by atoms with Gasteiger partial charge in [-0.1, -0.05) is 74.5 Å². The first kappa shape index (κ1) is 15.7. The van der Waals surface area contributed by atoms with Crippen LogP contribution in [0.3, 0.4) is 0 Å². The van der Waals surface area contributed by atoms with Crippen molar-refractivity contribution in [2.45, 2.75) is 32.4 Å². The summed E-state index contributed by atoms with van der Waals surface area (Å²) in [5.41, 5.74) is 2.00. The Morgan fingerprint density at radius 3 is 2.05 bits per heavy atom. The lowest BCUT2D eigenvalue weighted by molar-refractivity contribution is 0.135. The highest BCUT2D eigenvalue weighted by atomic mass is 16.3. The van der Waals surface area contributed by atoms with E-state index in [9.17, 15) is 5.11 Å². The molecule has 0 heterocycles. The Labute approximate surface area is 127 Å². The van der Waals surface area contributed by atoms with Crippen LogP contribution in [0.25, 0.3) is 0 Å². The van der Waals surface area contributed by atoms with Gasteiger partial charge in [0.15, 0.2) is 0 Å². The molecular weight excluding hydrogens is 258 g/mol. The lowest BCUT2D eigenvalue weighted by Crippen LogP contribution is -2.46. The summed E-state index contributed by atoms with van der Waals surface area (Å²) in [5.74, 6) is 0.501. The standard InChI is InChI=1S/C19H25NO/c1-16(2)13-19(15-21,18-11-7-4-8-12-18)20-14-17-9-5-3-6-10-17/h3-12,16,20-21H,13-15H2,1-2H3. The van der Waals surface area contributed by atoms with Crippen molar-refractivity contribution in [1.29, 1.82) is 0 Å². The summed E-state index contributed by atoms with van der Waals surface area (Å²) in [6, 6.07) is 20.6. The average molecular weight is 283 g/mol. The molecule has 0 aromatic heterocycles. The molecule has 112 valence electrons. The van der Waals surface area contributed by atoms with Gasteiger partial charge in [0.05, 0.1) is 12.1 Å². The molecule has 0 saturated heterocycles. The minimum Gasteiger partial charge on any atom is -0.394 e. The summed E-state index contributed by atoms with van der Waals surface area (Å²) in [7, 11) is 0. The molecule has 0 aliphatic heterocycles. The molecule has 0 spiro atoms. The molecule has 0 amide bonds. The van der Waals surface area contributed by atoms with Gasteiger partial charge in [-0.25, -0.2) is 0 Å². The van der Waals surface area contributed by atoms with Crippen LogP contribution in [0.4, 0.5) is 0 Å². The molecule has 0 radical (unpaired) electrons. The lowest BCUT2D eigenvalue weighted by atomic mass is 9.82. The van der Waals surface area contributed by atoms with Crippen LogP contribution in [0.1, 0.15) is 31.4 Å². The molecule has 2 rings (SSSR count). The Kier molecular flexibility index (Phi) is 5.54. The van der Waals surface area contributed by atoms with Crippen LogP contribution in [0, 0.1) is 5.92 Å². The van der Waals surface area contributed by atoms with Crippen LogP contribution < -0.4 is 5.32 Å². The Morgan fingerprint density at radius 2 is 1.52 bits per heavy atom. The number of rotatable bonds is 7. The molecule has 0 aliphatic rings. The highest BCUT2D eigenvalue weighted by Gasteiger charge is 2.31. The maximum atomic E-state index is 10.1. The summed E-state index contributed by atoms with van der Waals surface area (Å²) in [6.45, 7) is 5.24. The molecule has 2 aromatic rings. The zero-order chi connectivity index (χ0) is 15.1. The van der Waals surface area contributed by atoms with Gasteiger partial charge in [0.2, 0.25) is 0 Å². The van der Waals surface area contributed by atoms with Gasteiger partial charge in [-0.3, -0.25) is 0 Å². The van der Waals surface area contributed by atoms with E-state index < -0.39 is 0 Å². The topological polar surface area (TPSA) is 32.3 Å². The first-order valence-corrected chi connectivity index (χ1v) is 7.61. The molecular formula is C19H25NO. The van der Waals surface area contributed by atoms with Crippen LogP contribution in [-0.2, 0) is 12.1 Å². The zero-order valence-electron chi connectivity index (χ0n) is 12.9. The van der Waals surface area contributed by atoms with Crippen LogP contribution in [0.5, 0.6) is 0 Å². The van der Waals surface area contributed by atoms with E-state index in [1.165, 1.54) is 5.56 Å².